The lowest BCUT2D eigenvalue weighted by molar-refractivity contribution is 0.0734. The first-order valence-electron chi connectivity index (χ1n) is 5.31. The summed E-state index contributed by atoms with van der Waals surface area (Å²) in [5.41, 5.74) is 1.36. The van der Waals surface area contributed by atoms with Crippen molar-refractivity contribution in [1.82, 2.24) is 0 Å². The summed E-state index contributed by atoms with van der Waals surface area (Å²) >= 11 is 11.8. The van der Waals surface area contributed by atoms with Gasteiger partial charge in [0.25, 0.3) is 0 Å². The molecule has 18 heavy (non-hydrogen) atoms. The van der Waals surface area contributed by atoms with Crippen LogP contribution >= 0.6 is 23.2 Å². The van der Waals surface area contributed by atoms with Gasteiger partial charge in [0.2, 0.25) is 0 Å². The summed E-state index contributed by atoms with van der Waals surface area (Å²) < 4.78 is 5.24. The molecule has 0 bridgehead atoms. The summed E-state index contributed by atoms with van der Waals surface area (Å²) in [6.07, 6.45) is 0. The van der Waals surface area contributed by atoms with Crippen LogP contribution in [0.1, 0.15) is 15.9 Å². The number of aryl methyl sites for hydroxylation is 1. The SMILES string of the molecule is Cc1ccccc1C(=O)Oc1cc(Cl)ccc1Cl. The minimum Gasteiger partial charge on any atom is -0.421 e. The van der Waals surface area contributed by atoms with Crippen LogP contribution in [0, 0.1) is 6.92 Å². The van der Waals surface area contributed by atoms with Crippen molar-refractivity contribution in [3.05, 3.63) is 63.6 Å². The van der Waals surface area contributed by atoms with Gasteiger partial charge in [-0.15, -0.1) is 0 Å². The summed E-state index contributed by atoms with van der Waals surface area (Å²) in [4.78, 5) is 12.0. The predicted molar refractivity (Wildman–Crippen MR) is 72.6 cm³/mol. The molecule has 2 rings (SSSR count). The molecule has 2 aromatic rings. The van der Waals surface area contributed by atoms with Crippen molar-refractivity contribution in [1.29, 1.82) is 0 Å². The molecule has 0 heterocycles. The number of halogens is 2. The largest absolute Gasteiger partial charge is 0.421 e. The van der Waals surface area contributed by atoms with Crippen molar-refractivity contribution >= 4 is 29.2 Å². The molecule has 0 saturated carbocycles. The average molecular weight is 281 g/mol. The zero-order valence-corrected chi connectivity index (χ0v) is 11.1. The fourth-order valence-corrected chi connectivity index (χ4v) is 1.83. The van der Waals surface area contributed by atoms with Gasteiger partial charge in [0.15, 0.2) is 5.75 Å². The smallest absolute Gasteiger partial charge is 0.343 e. The molecule has 0 N–H and O–H groups in total. The first kappa shape index (κ1) is 12.9. The topological polar surface area (TPSA) is 26.3 Å². The molecule has 0 aliphatic heterocycles. The number of benzene rings is 2. The van der Waals surface area contributed by atoms with Crippen LogP contribution in [0.15, 0.2) is 42.5 Å². The van der Waals surface area contributed by atoms with Crippen LogP contribution in [0.25, 0.3) is 0 Å². The van der Waals surface area contributed by atoms with E-state index in [4.69, 9.17) is 27.9 Å². The van der Waals surface area contributed by atoms with Crippen molar-refractivity contribution < 1.29 is 9.53 Å². The maximum Gasteiger partial charge on any atom is 0.343 e. The lowest BCUT2D eigenvalue weighted by Crippen LogP contribution is -2.10. The lowest BCUT2D eigenvalue weighted by atomic mass is 10.1. The van der Waals surface area contributed by atoms with E-state index in [1.165, 1.54) is 6.07 Å². The third kappa shape index (κ3) is 2.84. The Hall–Kier alpha value is -1.51. The Bertz CT molecular complexity index is 594. The quantitative estimate of drug-likeness (QED) is 0.597. The Balaban J connectivity index is 2.27. The normalized spacial score (nSPS) is 10.2. The highest BCUT2D eigenvalue weighted by Gasteiger charge is 2.13. The summed E-state index contributed by atoms with van der Waals surface area (Å²) in [5, 5.41) is 0.813. The minimum atomic E-state index is -0.447. The molecule has 92 valence electrons. The predicted octanol–water partition coefficient (Wildman–Crippen LogP) is 4.52. The zero-order valence-electron chi connectivity index (χ0n) is 9.61. The van der Waals surface area contributed by atoms with Crippen LogP contribution < -0.4 is 4.74 Å². The van der Waals surface area contributed by atoms with Gasteiger partial charge < -0.3 is 4.74 Å². The number of rotatable bonds is 2. The molecule has 0 aliphatic rings. The van der Waals surface area contributed by atoms with Crippen LogP contribution in [0.2, 0.25) is 10.0 Å². The molecule has 0 amide bonds. The van der Waals surface area contributed by atoms with Gasteiger partial charge in [0.05, 0.1) is 10.6 Å². The van der Waals surface area contributed by atoms with E-state index in [0.29, 0.717) is 15.6 Å². The maximum absolute atomic E-state index is 12.0. The third-order valence-electron chi connectivity index (χ3n) is 2.46. The number of esters is 1. The van der Waals surface area contributed by atoms with Crippen LogP contribution in [-0.4, -0.2) is 5.97 Å². The second kappa shape index (κ2) is 5.42. The number of carbonyl (C=O) groups excluding carboxylic acids is 1. The fraction of sp³-hybridized carbons (Fsp3) is 0.0714. The highest BCUT2D eigenvalue weighted by atomic mass is 35.5. The van der Waals surface area contributed by atoms with E-state index in [9.17, 15) is 4.79 Å². The Morgan fingerprint density at radius 1 is 1.11 bits per heavy atom. The van der Waals surface area contributed by atoms with Gasteiger partial charge in [0.1, 0.15) is 0 Å². The van der Waals surface area contributed by atoms with Gasteiger partial charge in [-0.1, -0.05) is 41.4 Å². The summed E-state index contributed by atoms with van der Waals surface area (Å²) in [5.74, 6) is -0.185. The zero-order chi connectivity index (χ0) is 13.1. The van der Waals surface area contributed by atoms with E-state index in [-0.39, 0.29) is 5.75 Å². The molecule has 0 unspecified atom stereocenters. The molecule has 0 saturated heterocycles. The highest BCUT2D eigenvalue weighted by Crippen LogP contribution is 2.28. The highest BCUT2D eigenvalue weighted by molar-refractivity contribution is 6.34. The van der Waals surface area contributed by atoms with Crippen molar-refractivity contribution in [2.24, 2.45) is 0 Å². The van der Waals surface area contributed by atoms with Gasteiger partial charge in [-0.2, -0.15) is 0 Å². The standard InChI is InChI=1S/C14H10Cl2O2/c1-9-4-2-3-5-11(9)14(17)18-13-8-10(15)6-7-12(13)16/h2-8H,1H3. The first-order valence-corrected chi connectivity index (χ1v) is 6.06. The Morgan fingerprint density at radius 2 is 1.83 bits per heavy atom. The molecule has 4 heteroatoms. The first-order chi connectivity index (χ1) is 8.58. The van der Waals surface area contributed by atoms with Crippen molar-refractivity contribution in [2.75, 3.05) is 0 Å². The Morgan fingerprint density at radius 3 is 2.56 bits per heavy atom. The van der Waals surface area contributed by atoms with Crippen molar-refractivity contribution in [3.63, 3.8) is 0 Å². The monoisotopic (exact) mass is 280 g/mol. The number of carbonyl (C=O) groups is 1. The van der Waals surface area contributed by atoms with Crippen molar-refractivity contribution in [3.8, 4) is 5.75 Å². The van der Waals surface area contributed by atoms with E-state index in [0.717, 1.165) is 5.56 Å². The third-order valence-corrected chi connectivity index (χ3v) is 3.01. The van der Waals surface area contributed by atoms with Gasteiger partial charge in [-0.05, 0) is 30.7 Å². The molecular formula is C14H10Cl2O2. The van der Waals surface area contributed by atoms with Gasteiger partial charge >= 0.3 is 5.97 Å². The Labute approximate surface area is 115 Å². The van der Waals surface area contributed by atoms with E-state index in [2.05, 4.69) is 0 Å². The van der Waals surface area contributed by atoms with Crippen LogP contribution in [0.3, 0.4) is 0 Å². The second-order valence-electron chi connectivity index (χ2n) is 3.78. The number of hydrogen-bond donors (Lipinski definition) is 0. The summed E-state index contributed by atoms with van der Waals surface area (Å²) in [6, 6.07) is 11.9. The number of ether oxygens (including phenoxy) is 1. The molecule has 0 aromatic heterocycles. The molecule has 0 spiro atoms. The second-order valence-corrected chi connectivity index (χ2v) is 4.62. The maximum atomic E-state index is 12.0. The molecule has 0 aliphatic carbocycles. The fourth-order valence-electron chi connectivity index (χ4n) is 1.51. The van der Waals surface area contributed by atoms with Gasteiger partial charge in [-0.25, -0.2) is 4.79 Å². The average Bonchev–Trinajstić information content (AvgIpc) is 2.34. The molecule has 2 aromatic carbocycles. The molecule has 2 nitrogen and oxygen atoms in total. The molecule has 0 radical (unpaired) electrons. The summed E-state index contributed by atoms with van der Waals surface area (Å²) in [6.45, 7) is 1.84. The van der Waals surface area contributed by atoms with E-state index in [1.54, 1.807) is 24.3 Å². The van der Waals surface area contributed by atoms with Crippen LogP contribution in [0.5, 0.6) is 5.75 Å². The van der Waals surface area contributed by atoms with Crippen LogP contribution in [-0.2, 0) is 0 Å². The molecular weight excluding hydrogens is 271 g/mol. The van der Waals surface area contributed by atoms with E-state index in [1.807, 2.05) is 19.1 Å². The molecule has 0 fully saturated rings. The summed E-state index contributed by atoms with van der Waals surface area (Å²) in [7, 11) is 0. The van der Waals surface area contributed by atoms with Crippen molar-refractivity contribution in [2.45, 2.75) is 6.92 Å². The Kier molecular flexibility index (Phi) is 3.90. The molecule has 0 atom stereocenters. The number of hydrogen-bond acceptors (Lipinski definition) is 2. The van der Waals surface area contributed by atoms with E-state index >= 15 is 0 Å². The van der Waals surface area contributed by atoms with Gasteiger partial charge in [0, 0.05) is 11.1 Å². The minimum absolute atomic E-state index is 0.261. The van der Waals surface area contributed by atoms with E-state index < -0.39 is 5.97 Å². The van der Waals surface area contributed by atoms with Crippen LogP contribution in [0.4, 0.5) is 0 Å². The van der Waals surface area contributed by atoms with Gasteiger partial charge in [-0.3, -0.25) is 0 Å². The lowest BCUT2D eigenvalue weighted by Gasteiger charge is -2.08.